The maximum absolute atomic E-state index is 13.4. The van der Waals surface area contributed by atoms with Crippen LogP contribution >= 0.6 is 15.9 Å². The van der Waals surface area contributed by atoms with Gasteiger partial charge in [0, 0.05) is 16.6 Å². The van der Waals surface area contributed by atoms with Crippen LogP contribution in [0.4, 0.5) is 5.69 Å². The average molecular weight is 553 g/mol. The zero-order chi connectivity index (χ0) is 25.6. The molecular formula is C28H29BrN2O5. The quantitative estimate of drug-likeness (QED) is 0.410. The summed E-state index contributed by atoms with van der Waals surface area (Å²) in [4.78, 5) is 53.9. The number of fused-ring (bicyclic) bond motifs is 5. The number of amides is 3. The lowest BCUT2D eigenvalue weighted by molar-refractivity contribution is -0.160. The van der Waals surface area contributed by atoms with Gasteiger partial charge in [0.2, 0.25) is 11.8 Å². The van der Waals surface area contributed by atoms with Crippen LogP contribution in [-0.2, 0) is 30.3 Å². The minimum absolute atomic E-state index is 0.151. The van der Waals surface area contributed by atoms with Gasteiger partial charge in [-0.15, -0.1) is 0 Å². The molecule has 3 amide bonds. The molecular weight excluding hydrogens is 524 g/mol. The zero-order valence-corrected chi connectivity index (χ0v) is 21.9. The Kier molecular flexibility index (Phi) is 6.72. The summed E-state index contributed by atoms with van der Waals surface area (Å²) >= 11 is 3.47. The van der Waals surface area contributed by atoms with Crippen molar-refractivity contribution in [3.8, 4) is 0 Å². The van der Waals surface area contributed by atoms with Crippen molar-refractivity contribution in [1.29, 1.82) is 0 Å². The first-order chi connectivity index (χ1) is 17.2. The van der Waals surface area contributed by atoms with Crippen LogP contribution in [0.3, 0.4) is 0 Å². The van der Waals surface area contributed by atoms with Crippen LogP contribution in [0.25, 0.3) is 0 Å². The Labute approximate surface area is 218 Å². The predicted molar refractivity (Wildman–Crippen MR) is 137 cm³/mol. The summed E-state index contributed by atoms with van der Waals surface area (Å²) in [7, 11) is 0. The van der Waals surface area contributed by atoms with E-state index in [-0.39, 0.29) is 41.9 Å². The molecule has 2 aromatic carbocycles. The van der Waals surface area contributed by atoms with Crippen LogP contribution in [0.5, 0.6) is 0 Å². The lowest BCUT2D eigenvalue weighted by Gasteiger charge is -2.26. The maximum atomic E-state index is 13.4. The number of hydrogen-bond acceptors (Lipinski definition) is 5. The fourth-order valence-corrected chi connectivity index (χ4v) is 6.65. The number of aryl methyl sites for hydroxylation is 2. The van der Waals surface area contributed by atoms with Crippen molar-refractivity contribution < 1.29 is 23.9 Å². The fourth-order valence-electron chi connectivity index (χ4n) is 6.19. The van der Waals surface area contributed by atoms with Gasteiger partial charge in [-0.1, -0.05) is 46.3 Å². The molecule has 0 unspecified atom stereocenters. The number of likely N-dealkylation sites (tertiary alicyclic amines) is 1. The first-order valence-corrected chi connectivity index (χ1v) is 13.2. The Hall–Kier alpha value is -3.00. The largest absolute Gasteiger partial charge is 0.454 e. The summed E-state index contributed by atoms with van der Waals surface area (Å²) in [6.45, 7) is 3.28. The van der Waals surface area contributed by atoms with E-state index in [1.54, 1.807) is 0 Å². The molecule has 3 aliphatic rings. The normalized spacial score (nSPS) is 25.1. The minimum atomic E-state index is -1.10. The monoisotopic (exact) mass is 552 g/mol. The van der Waals surface area contributed by atoms with Crippen LogP contribution in [-0.4, -0.2) is 41.2 Å². The number of carbonyl (C=O) groups excluding carboxylic acids is 4. The molecule has 2 aliphatic carbocycles. The SMILES string of the molecule is Cc1cc(NC(=O)COC(=O)[C@H](Cc2ccccc2)N2C(=O)[C@@H]3[C@H]4CC[C@@H](C4)[C@H]3C2=O)c(C)cc1Br. The number of ether oxygens (including phenoxy) is 1. The van der Waals surface area contributed by atoms with Gasteiger partial charge in [-0.05, 0) is 73.8 Å². The Morgan fingerprint density at radius 1 is 1.03 bits per heavy atom. The van der Waals surface area contributed by atoms with E-state index in [1.165, 1.54) is 0 Å². The van der Waals surface area contributed by atoms with Crippen molar-refractivity contribution in [2.45, 2.75) is 45.6 Å². The van der Waals surface area contributed by atoms with E-state index < -0.39 is 24.5 Å². The number of anilines is 1. The van der Waals surface area contributed by atoms with E-state index >= 15 is 0 Å². The molecule has 2 aromatic rings. The maximum Gasteiger partial charge on any atom is 0.330 e. The molecule has 5 rings (SSSR count). The van der Waals surface area contributed by atoms with Gasteiger partial charge in [0.25, 0.3) is 5.91 Å². The average Bonchev–Trinajstić information content (AvgIpc) is 3.54. The molecule has 5 atom stereocenters. The molecule has 2 saturated carbocycles. The predicted octanol–water partition coefficient (Wildman–Crippen LogP) is 4.19. The van der Waals surface area contributed by atoms with Crippen molar-refractivity contribution in [3.63, 3.8) is 0 Å². The van der Waals surface area contributed by atoms with Crippen molar-refractivity contribution in [2.24, 2.45) is 23.7 Å². The zero-order valence-electron chi connectivity index (χ0n) is 20.3. The van der Waals surface area contributed by atoms with Crippen molar-refractivity contribution in [2.75, 3.05) is 11.9 Å². The number of hydrogen-bond donors (Lipinski definition) is 1. The van der Waals surface area contributed by atoms with Crippen LogP contribution < -0.4 is 5.32 Å². The molecule has 8 heteroatoms. The number of imide groups is 1. The molecule has 2 bridgehead atoms. The van der Waals surface area contributed by atoms with Gasteiger partial charge in [-0.3, -0.25) is 19.3 Å². The lowest BCUT2D eigenvalue weighted by atomic mass is 9.81. The number of rotatable bonds is 7. The first kappa shape index (κ1) is 24.7. The number of halogens is 1. The molecule has 1 heterocycles. The van der Waals surface area contributed by atoms with Crippen molar-refractivity contribution in [1.82, 2.24) is 4.90 Å². The molecule has 3 fully saturated rings. The third-order valence-corrected chi connectivity index (χ3v) is 8.80. The summed E-state index contributed by atoms with van der Waals surface area (Å²) in [6, 6.07) is 11.9. The van der Waals surface area contributed by atoms with E-state index in [9.17, 15) is 19.2 Å². The van der Waals surface area contributed by atoms with Crippen LogP contribution in [0.2, 0.25) is 0 Å². The number of nitrogens with zero attached hydrogens (tertiary/aromatic N) is 1. The van der Waals surface area contributed by atoms with Gasteiger partial charge in [-0.2, -0.15) is 0 Å². The standard InChI is InChI=1S/C28H29BrN2O5/c1-15-11-21(16(2)10-20(15)29)30-23(32)14-36-28(35)22(12-17-6-4-3-5-7-17)31-26(33)24-18-8-9-19(13-18)25(24)27(31)34/h3-7,10-11,18-19,22,24-25H,8-9,12-14H2,1-2H3,(H,30,32)/t18-,19-,22-,24+,25+/m0/s1. The first-order valence-electron chi connectivity index (χ1n) is 12.4. The summed E-state index contributed by atoms with van der Waals surface area (Å²) < 4.78 is 6.33. The third-order valence-electron chi connectivity index (χ3n) is 7.94. The highest BCUT2D eigenvalue weighted by molar-refractivity contribution is 9.10. The van der Waals surface area contributed by atoms with Crippen molar-refractivity contribution >= 4 is 45.3 Å². The molecule has 1 saturated heterocycles. The van der Waals surface area contributed by atoms with Gasteiger partial charge in [-0.25, -0.2) is 4.79 Å². The van der Waals surface area contributed by atoms with Gasteiger partial charge in [0.1, 0.15) is 6.04 Å². The van der Waals surface area contributed by atoms with Crippen LogP contribution in [0.1, 0.15) is 36.0 Å². The van der Waals surface area contributed by atoms with Crippen molar-refractivity contribution in [3.05, 3.63) is 63.6 Å². The summed E-state index contributed by atoms with van der Waals surface area (Å²) in [5.74, 6) is -1.96. The second kappa shape index (κ2) is 9.81. The Morgan fingerprint density at radius 2 is 1.67 bits per heavy atom. The van der Waals surface area contributed by atoms with Gasteiger partial charge in [0.15, 0.2) is 6.61 Å². The number of carbonyl (C=O) groups is 4. The van der Waals surface area contributed by atoms with Crippen LogP contribution in [0, 0.1) is 37.5 Å². The highest BCUT2D eigenvalue weighted by Gasteiger charge is 2.62. The van der Waals surface area contributed by atoms with E-state index in [0.717, 1.165) is 45.3 Å². The van der Waals surface area contributed by atoms with Gasteiger partial charge in [0.05, 0.1) is 11.8 Å². The lowest BCUT2D eigenvalue weighted by Crippen LogP contribution is -2.48. The Bertz CT molecular complexity index is 1200. The number of esters is 1. The number of nitrogens with one attached hydrogen (secondary N) is 1. The summed E-state index contributed by atoms with van der Waals surface area (Å²) in [5, 5.41) is 2.78. The Morgan fingerprint density at radius 3 is 2.31 bits per heavy atom. The topological polar surface area (TPSA) is 92.8 Å². The van der Waals surface area contributed by atoms with Gasteiger partial charge < -0.3 is 10.1 Å². The van der Waals surface area contributed by atoms with E-state index in [0.29, 0.717) is 5.69 Å². The van der Waals surface area contributed by atoms with E-state index in [2.05, 4.69) is 21.2 Å². The summed E-state index contributed by atoms with van der Waals surface area (Å²) in [5.41, 5.74) is 3.27. The molecule has 0 radical (unpaired) electrons. The molecule has 0 spiro atoms. The number of benzene rings is 2. The second-order valence-corrected chi connectivity index (χ2v) is 11.1. The third kappa shape index (κ3) is 4.47. The highest BCUT2D eigenvalue weighted by Crippen LogP contribution is 2.56. The molecule has 0 aromatic heterocycles. The second-order valence-electron chi connectivity index (χ2n) is 10.2. The molecule has 7 nitrogen and oxygen atoms in total. The molecule has 1 N–H and O–H groups in total. The smallest absolute Gasteiger partial charge is 0.330 e. The van der Waals surface area contributed by atoms with E-state index in [1.807, 2.05) is 56.3 Å². The summed E-state index contributed by atoms with van der Waals surface area (Å²) in [6.07, 6.45) is 2.99. The Balaban J connectivity index is 1.32. The minimum Gasteiger partial charge on any atom is -0.454 e. The van der Waals surface area contributed by atoms with Crippen LogP contribution in [0.15, 0.2) is 46.9 Å². The molecule has 1 aliphatic heterocycles. The highest BCUT2D eigenvalue weighted by atomic mass is 79.9. The van der Waals surface area contributed by atoms with E-state index in [4.69, 9.17) is 4.74 Å². The fraction of sp³-hybridized carbons (Fsp3) is 0.429. The molecule has 36 heavy (non-hydrogen) atoms. The molecule has 188 valence electrons. The van der Waals surface area contributed by atoms with Gasteiger partial charge >= 0.3 is 5.97 Å².